The first-order valence-corrected chi connectivity index (χ1v) is 10.5. The number of aliphatic imine (C=N–C) groups is 1. The predicted octanol–water partition coefficient (Wildman–Crippen LogP) is 3.01. The number of aromatic nitrogens is 3. The first kappa shape index (κ1) is 21.2. The number of hydrogen-bond acceptors (Lipinski definition) is 3. The molecule has 1 aliphatic heterocycles. The molecule has 0 radical (unpaired) electrons. The van der Waals surface area contributed by atoms with Gasteiger partial charge in [-0.3, -0.25) is 4.99 Å². The van der Waals surface area contributed by atoms with Gasteiger partial charge in [0, 0.05) is 39.0 Å². The topological polar surface area (TPSA) is 67.1 Å². The minimum atomic E-state index is -0.423. The number of nitrogens with zero attached hydrogens (tertiary/aromatic N) is 4. The standard InChI is InChI=1S/C21H30F2N6/c1-2-24-21(26-13-11-16-15-17(22)9-10-18(16)23)25-12-6-8-20-28-27-19-7-4-3-5-14-29(19)20/h9-10,15H,2-8,11-14H2,1H3,(H2,24,25,26). The SMILES string of the molecule is CCNC(=NCCCc1nnc2n1CCCCC2)NCCc1cc(F)ccc1F. The van der Waals surface area contributed by atoms with Gasteiger partial charge in [-0.2, -0.15) is 0 Å². The Labute approximate surface area is 170 Å². The van der Waals surface area contributed by atoms with Gasteiger partial charge in [0.15, 0.2) is 5.96 Å². The van der Waals surface area contributed by atoms with Gasteiger partial charge in [-0.15, -0.1) is 10.2 Å². The maximum absolute atomic E-state index is 13.7. The number of rotatable bonds is 8. The molecule has 0 spiro atoms. The molecule has 0 amide bonds. The minimum absolute atomic E-state index is 0.362. The van der Waals surface area contributed by atoms with E-state index in [-0.39, 0.29) is 5.82 Å². The Balaban J connectivity index is 1.47. The third-order valence-electron chi connectivity index (χ3n) is 5.05. The van der Waals surface area contributed by atoms with Gasteiger partial charge in [-0.25, -0.2) is 8.78 Å². The Bertz CT molecular complexity index is 817. The van der Waals surface area contributed by atoms with Crippen molar-refractivity contribution in [3.8, 4) is 0 Å². The first-order valence-electron chi connectivity index (χ1n) is 10.5. The van der Waals surface area contributed by atoms with E-state index < -0.39 is 5.82 Å². The van der Waals surface area contributed by atoms with Gasteiger partial charge in [-0.05, 0) is 56.4 Å². The van der Waals surface area contributed by atoms with Crippen LogP contribution in [0.15, 0.2) is 23.2 Å². The maximum Gasteiger partial charge on any atom is 0.191 e. The van der Waals surface area contributed by atoms with Gasteiger partial charge in [0.2, 0.25) is 0 Å². The molecule has 0 bridgehead atoms. The highest BCUT2D eigenvalue weighted by atomic mass is 19.1. The summed E-state index contributed by atoms with van der Waals surface area (Å²) in [5.74, 6) is 2.04. The largest absolute Gasteiger partial charge is 0.357 e. The Morgan fingerprint density at radius 2 is 2.03 bits per heavy atom. The molecule has 1 aliphatic rings. The van der Waals surface area contributed by atoms with Crippen LogP contribution in [0.3, 0.4) is 0 Å². The molecule has 8 heteroatoms. The number of hydrogen-bond donors (Lipinski definition) is 2. The highest BCUT2D eigenvalue weighted by Gasteiger charge is 2.14. The second kappa shape index (κ2) is 10.9. The van der Waals surface area contributed by atoms with Crippen LogP contribution in [-0.4, -0.2) is 40.4 Å². The van der Waals surface area contributed by atoms with Crippen LogP contribution >= 0.6 is 0 Å². The second-order valence-corrected chi connectivity index (χ2v) is 7.27. The number of halogens is 2. The monoisotopic (exact) mass is 404 g/mol. The van der Waals surface area contributed by atoms with E-state index >= 15 is 0 Å². The van der Waals surface area contributed by atoms with Gasteiger partial charge < -0.3 is 15.2 Å². The van der Waals surface area contributed by atoms with Gasteiger partial charge in [0.25, 0.3) is 0 Å². The number of nitrogens with one attached hydrogen (secondary N) is 2. The van der Waals surface area contributed by atoms with Gasteiger partial charge in [-0.1, -0.05) is 6.42 Å². The first-order chi connectivity index (χ1) is 14.2. The van der Waals surface area contributed by atoms with Crippen LogP contribution in [0.4, 0.5) is 8.78 Å². The molecule has 2 heterocycles. The van der Waals surface area contributed by atoms with Crippen molar-refractivity contribution in [3.05, 3.63) is 47.0 Å². The van der Waals surface area contributed by atoms with Crippen molar-refractivity contribution < 1.29 is 8.78 Å². The Morgan fingerprint density at radius 3 is 2.90 bits per heavy atom. The van der Waals surface area contributed by atoms with Crippen LogP contribution in [0, 0.1) is 11.6 Å². The van der Waals surface area contributed by atoms with Crippen molar-refractivity contribution >= 4 is 5.96 Å². The van der Waals surface area contributed by atoms with Gasteiger partial charge in [0.05, 0.1) is 0 Å². The summed E-state index contributed by atoms with van der Waals surface area (Å²) in [6, 6.07) is 3.53. The van der Waals surface area contributed by atoms with Crippen LogP contribution in [0.25, 0.3) is 0 Å². The molecule has 0 atom stereocenters. The normalized spacial score (nSPS) is 14.4. The molecule has 0 unspecified atom stereocenters. The van der Waals surface area contributed by atoms with Gasteiger partial charge >= 0.3 is 0 Å². The molecule has 1 aromatic carbocycles. The molecular formula is C21H30F2N6. The summed E-state index contributed by atoms with van der Waals surface area (Å²) in [5, 5.41) is 15.1. The molecule has 0 aliphatic carbocycles. The summed E-state index contributed by atoms with van der Waals surface area (Å²) >= 11 is 0. The molecule has 1 aromatic heterocycles. The van der Waals surface area contributed by atoms with Crippen LogP contribution in [-0.2, 0) is 25.8 Å². The van der Waals surface area contributed by atoms with Crippen molar-refractivity contribution in [2.45, 2.75) is 58.4 Å². The fourth-order valence-corrected chi connectivity index (χ4v) is 3.55. The fourth-order valence-electron chi connectivity index (χ4n) is 3.55. The molecule has 6 nitrogen and oxygen atoms in total. The quantitative estimate of drug-likeness (QED) is 0.403. The Morgan fingerprint density at radius 1 is 1.14 bits per heavy atom. The van der Waals surface area contributed by atoms with E-state index in [4.69, 9.17) is 0 Å². The molecule has 29 heavy (non-hydrogen) atoms. The molecular weight excluding hydrogens is 374 g/mol. The highest BCUT2D eigenvalue weighted by molar-refractivity contribution is 5.79. The number of aryl methyl sites for hydroxylation is 2. The summed E-state index contributed by atoms with van der Waals surface area (Å²) in [5.41, 5.74) is 0.362. The van der Waals surface area contributed by atoms with E-state index in [0.29, 0.717) is 31.0 Å². The van der Waals surface area contributed by atoms with E-state index in [0.717, 1.165) is 56.1 Å². The van der Waals surface area contributed by atoms with Crippen LogP contribution in [0.2, 0.25) is 0 Å². The summed E-state index contributed by atoms with van der Waals surface area (Å²) in [6.45, 7) is 4.88. The van der Waals surface area contributed by atoms with E-state index in [1.54, 1.807) is 0 Å². The zero-order chi connectivity index (χ0) is 20.5. The average Bonchev–Trinajstić information content (AvgIpc) is 2.93. The number of guanidine groups is 1. The lowest BCUT2D eigenvalue weighted by Crippen LogP contribution is -2.38. The fraction of sp³-hybridized carbons (Fsp3) is 0.571. The predicted molar refractivity (Wildman–Crippen MR) is 110 cm³/mol. The number of fused-ring (bicyclic) bond motifs is 1. The molecule has 158 valence electrons. The summed E-state index contributed by atoms with van der Waals surface area (Å²) in [6.07, 6.45) is 6.78. The van der Waals surface area contributed by atoms with E-state index in [1.807, 2.05) is 6.92 Å². The number of benzene rings is 1. The lowest BCUT2D eigenvalue weighted by molar-refractivity contribution is 0.583. The van der Waals surface area contributed by atoms with Crippen LogP contribution < -0.4 is 10.6 Å². The highest BCUT2D eigenvalue weighted by Crippen LogP contribution is 2.15. The van der Waals surface area contributed by atoms with Crippen molar-refractivity contribution in [1.29, 1.82) is 0 Å². The third-order valence-corrected chi connectivity index (χ3v) is 5.05. The summed E-state index contributed by atoms with van der Waals surface area (Å²) in [4.78, 5) is 4.58. The van der Waals surface area contributed by atoms with Crippen molar-refractivity contribution in [2.24, 2.45) is 4.99 Å². The Hall–Kier alpha value is -2.51. The molecule has 3 rings (SSSR count). The lowest BCUT2D eigenvalue weighted by atomic mass is 10.1. The zero-order valence-corrected chi connectivity index (χ0v) is 17.1. The lowest BCUT2D eigenvalue weighted by Gasteiger charge is -2.12. The van der Waals surface area contributed by atoms with Crippen molar-refractivity contribution in [3.63, 3.8) is 0 Å². The van der Waals surface area contributed by atoms with Crippen LogP contribution in [0.1, 0.15) is 49.8 Å². The summed E-state index contributed by atoms with van der Waals surface area (Å²) in [7, 11) is 0. The Kier molecular flexibility index (Phi) is 7.95. The van der Waals surface area contributed by atoms with E-state index in [2.05, 4.69) is 30.4 Å². The third kappa shape index (κ3) is 6.24. The van der Waals surface area contributed by atoms with Gasteiger partial charge in [0.1, 0.15) is 23.3 Å². The van der Waals surface area contributed by atoms with E-state index in [9.17, 15) is 8.78 Å². The molecule has 2 aromatic rings. The zero-order valence-electron chi connectivity index (χ0n) is 17.1. The maximum atomic E-state index is 13.7. The van der Waals surface area contributed by atoms with Crippen LogP contribution in [0.5, 0.6) is 0 Å². The molecule has 0 fully saturated rings. The molecule has 0 saturated carbocycles. The second-order valence-electron chi connectivity index (χ2n) is 7.27. The summed E-state index contributed by atoms with van der Waals surface area (Å²) < 4.78 is 29.3. The van der Waals surface area contributed by atoms with Crippen molar-refractivity contribution in [2.75, 3.05) is 19.6 Å². The minimum Gasteiger partial charge on any atom is -0.357 e. The molecule has 2 N–H and O–H groups in total. The van der Waals surface area contributed by atoms with E-state index in [1.165, 1.54) is 25.3 Å². The average molecular weight is 405 g/mol. The smallest absolute Gasteiger partial charge is 0.191 e. The molecule has 0 saturated heterocycles. The van der Waals surface area contributed by atoms with Crippen molar-refractivity contribution in [1.82, 2.24) is 25.4 Å².